The number of urea groups is 1. The molecule has 0 bridgehead atoms. The average molecular weight is 467 g/mol. The highest BCUT2D eigenvalue weighted by Gasteiger charge is 2.35. The molecule has 0 spiro atoms. The molecule has 0 radical (unpaired) electrons. The van der Waals surface area contributed by atoms with Gasteiger partial charge >= 0.3 is 12.0 Å². The number of carbonyl (C=O) groups excluding carboxylic acids is 3. The van der Waals surface area contributed by atoms with Gasteiger partial charge in [-0.3, -0.25) is 9.59 Å². The molecule has 28 heavy (non-hydrogen) atoms. The Hall–Kier alpha value is -2.58. The van der Waals surface area contributed by atoms with Crippen LogP contribution in [0, 0.1) is 13.8 Å². The molecule has 0 atom stereocenters. The minimum atomic E-state index is -0.671. The number of rotatable bonds is 4. The van der Waals surface area contributed by atoms with Crippen molar-refractivity contribution < 1.29 is 19.1 Å². The molecule has 1 aliphatic rings. The van der Waals surface area contributed by atoms with Crippen molar-refractivity contribution in [3.63, 3.8) is 0 Å². The molecule has 7 nitrogen and oxygen atoms in total. The number of amides is 3. The lowest BCUT2D eigenvalue weighted by molar-refractivity contribution is -0.143. The van der Waals surface area contributed by atoms with Crippen molar-refractivity contribution in [2.24, 2.45) is 0 Å². The molecule has 9 heteroatoms. The van der Waals surface area contributed by atoms with Gasteiger partial charge in [-0.1, -0.05) is 11.6 Å². The predicted octanol–water partition coefficient (Wildman–Crippen LogP) is 3.58. The summed E-state index contributed by atoms with van der Waals surface area (Å²) in [6.07, 6.45) is 1.59. The van der Waals surface area contributed by atoms with Crippen molar-refractivity contribution in [1.29, 1.82) is 0 Å². The zero-order chi connectivity index (χ0) is 20.6. The molecule has 1 N–H and O–H groups in total. The fourth-order valence-electron chi connectivity index (χ4n) is 3.02. The Kier molecular flexibility index (Phi) is 5.62. The van der Waals surface area contributed by atoms with E-state index in [1.54, 1.807) is 6.08 Å². The Morgan fingerprint density at radius 3 is 2.64 bits per heavy atom. The van der Waals surface area contributed by atoms with E-state index in [1.807, 2.05) is 42.7 Å². The number of benzene rings is 1. The summed E-state index contributed by atoms with van der Waals surface area (Å²) >= 11 is 9.59. The zero-order valence-electron chi connectivity index (χ0n) is 15.4. The normalized spacial score (nSPS) is 15.3. The maximum absolute atomic E-state index is 12.5. The molecule has 1 aliphatic heterocycles. The van der Waals surface area contributed by atoms with Gasteiger partial charge in [0.2, 0.25) is 0 Å². The molecule has 0 aliphatic carbocycles. The van der Waals surface area contributed by atoms with Gasteiger partial charge in [0.25, 0.3) is 5.91 Å². The number of hydrogen-bond acceptors (Lipinski definition) is 4. The lowest BCUT2D eigenvalue weighted by atomic mass is 10.2. The largest absolute Gasteiger partial charge is 0.468 e. The van der Waals surface area contributed by atoms with Crippen molar-refractivity contribution in [2.45, 2.75) is 13.8 Å². The maximum atomic E-state index is 12.5. The van der Waals surface area contributed by atoms with Crippen LogP contribution in [0.2, 0.25) is 5.02 Å². The van der Waals surface area contributed by atoms with E-state index in [-0.39, 0.29) is 5.70 Å². The summed E-state index contributed by atoms with van der Waals surface area (Å²) in [6, 6.07) is 6.87. The number of imide groups is 1. The van der Waals surface area contributed by atoms with E-state index in [4.69, 9.17) is 11.6 Å². The lowest BCUT2D eigenvalue weighted by Gasteiger charge is -2.11. The second kappa shape index (κ2) is 7.81. The molecule has 2 heterocycles. The summed E-state index contributed by atoms with van der Waals surface area (Å²) in [6.45, 7) is 3.40. The average Bonchev–Trinajstić information content (AvgIpc) is 3.07. The van der Waals surface area contributed by atoms with Crippen molar-refractivity contribution in [1.82, 2.24) is 14.8 Å². The van der Waals surface area contributed by atoms with Gasteiger partial charge in [-0.05, 0) is 65.7 Å². The van der Waals surface area contributed by atoms with E-state index in [0.29, 0.717) is 5.02 Å². The molecule has 146 valence electrons. The summed E-state index contributed by atoms with van der Waals surface area (Å²) in [5, 5.41) is 3.08. The SMILES string of the molecule is COC(=O)CN1C(=O)N/C(=C/c2cc(C)n(-c3ccc(Br)c(Cl)c3)c2C)C1=O. The number of aryl methyl sites for hydroxylation is 1. The van der Waals surface area contributed by atoms with Gasteiger partial charge in [0, 0.05) is 21.5 Å². The van der Waals surface area contributed by atoms with Crippen LogP contribution in [0.4, 0.5) is 4.79 Å². The van der Waals surface area contributed by atoms with Crippen LogP contribution in [0.1, 0.15) is 17.0 Å². The Labute approximate surface area is 175 Å². The Morgan fingerprint density at radius 2 is 2.00 bits per heavy atom. The Morgan fingerprint density at radius 1 is 1.29 bits per heavy atom. The molecule has 1 aromatic heterocycles. The third-order valence-corrected chi connectivity index (χ3v) is 5.64. The number of halogens is 2. The molecule has 1 saturated heterocycles. The standard InChI is InChI=1S/C19H17BrClN3O4/c1-10-6-12(11(2)24(10)13-4-5-14(20)15(21)8-13)7-16-18(26)23(19(27)22-16)9-17(25)28-3/h4-8H,9H2,1-3H3,(H,22,27)/b16-7+. The fraction of sp³-hybridized carbons (Fsp3) is 0.211. The third kappa shape index (κ3) is 3.70. The van der Waals surface area contributed by atoms with Crippen LogP contribution < -0.4 is 5.32 Å². The van der Waals surface area contributed by atoms with Crippen LogP contribution in [-0.4, -0.2) is 41.0 Å². The Bertz CT molecular complexity index is 1030. The number of nitrogens with one attached hydrogen (secondary N) is 1. The van der Waals surface area contributed by atoms with Crippen molar-refractivity contribution in [2.75, 3.05) is 13.7 Å². The topological polar surface area (TPSA) is 80.6 Å². The van der Waals surface area contributed by atoms with Crippen LogP contribution in [-0.2, 0) is 14.3 Å². The first-order valence-corrected chi connectivity index (χ1v) is 9.45. The highest BCUT2D eigenvalue weighted by Crippen LogP contribution is 2.29. The number of ether oxygens (including phenoxy) is 1. The van der Waals surface area contributed by atoms with Crippen LogP contribution in [0.5, 0.6) is 0 Å². The quantitative estimate of drug-likeness (QED) is 0.424. The molecule has 1 fully saturated rings. The first-order valence-electron chi connectivity index (χ1n) is 8.28. The molecule has 0 unspecified atom stereocenters. The summed E-state index contributed by atoms with van der Waals surface area (Å²) in [5.41, 5.74) is 3.55. The molecule has 1 aromatic carbocycles. The van der Waals surface area contributed by atoms with Crippen molar-refractivity contribution in [3.05, 3.63) is 56.4 Å². The summed E-state index contributed by atoms with van der Waals surface area (Å²) in [7, 11) is 1.20. The monoisotopic (exact) mass is 465 g/mol. The van der Waals surface area contributed by atoms with Gasteiger partial charge in [-0.25, -0.2) is 9.69 Å². The summed E-state index contributed by atoms with van der Waals surface area (Å²) in [4.78, 5) is 36.7. The van der Waals surface area contributed by atoms with Gasteiger partial charge in [0.15, 0.2) is 0 Å². The maximum Gasteiger partial charge on any atom is 0.329 e. The minimum absolute atomic E-state index is 0.1000. The molecular formula is C19H17BrClN3O4. The van der Waals surface area contributed by atoms with E-state index < -0.39 is 24.5 Å². The summed E-state index contributed by atoms with van der Waals surface area (Å²) < 4.78 is 7.31. The second-order valence-corrected chi connectivity index (χ2v) is 7.48. The molecule has 3 rings (SSSR count). The minimum Gasteiger partial charge on any atom is -0.468 e. The second-order valence-electron chi connectivity index (χ2n) is 6.22. The van der Waals surface area contributed by atoms with Gasteiger partial charge < -0.3 is 14.6 Å². The predicted molar refractivity (Wildman–Crippen MR) is 108 cm³/mol. The number of esters is 1. The van der Waals surface area contributed by atoms with E-state index in [0.717, 1.165) is 32.0 Å². The van der Waals surface area contributed by atoms with Crippen LogP contribution in [0.25, 0.3) is 11.8 Å². The van der Waals surface area contributed by atoms with E-state index >= 15 is 0 Å². The van der Waals surface area contributed by atoms with Gasteiger partial charge in [0.05, 0.1) is 12.1 Å². The highest BCUT2D eigenvalue weighted by atomic mass is 79.9. The van der Waals surface area contributed by atoms with E-state index in [9.17, 15) is 14.4 Å². The zero-order valence-corrected chi connectivity index (χ0v) is 17.7. The van der Waals surface area contributed by atoms with Crippen molar-refractivity contribution in [3.8, 4) is 5.69 Å². The van der Waals surface area contributed by atoms with Gasteiger partial charge in [0.1, 0.15) is 12.2 Å². The summed E-state index contributed by atoms with van der Waals surface area (Å²) in [5.74, 6) is -1.25. The third-order valence-electron chi connectivity index (χ3n) is 4.41. The van der Waals surface area contributed by atoms with Gasteiger partial charge in [-0.2, -0.15) is 0 Å². The van der Waals surface area contributed by atoms with E-state index in [1.165, 1.54) is 7.11 Å². The Balaban J connectivity index is 1.95. The first kappa shape index (κ1) is 20.2. The van der Waals surface area contributed by atoms with Crippen LogP contribution in [0.15, 0.2) is 34.4 Å². The lowest BCUT2D eigenvalue weighted by Crippen LogP contribution is -2.36. The number of nitrogens with zero attached hydrogens (tertiary/aromatic N) is 2. The number of hydrogen-bond donors (Lipinski definition) is 1. The van der Waals surface area contributed by atoms with Crippen molar-refractivity contribution >= 4 is 51.5 Å². The smallest absolute Gasteiger partial charge is 0.329 e. The number of carbonyl (C=O) groups is 3. The number of methoxy groups -OCH3 is 1. The van der Waals surface area contributed by atoms with Crippen LogP contribution >= 0.6 is 27.5 Å². The van der Waals surface area contributed by atoms with E-state index in [2.05, 4.69) is 26.0 Å². The molecular weight excluding hydrogens is 450 g/mol. The molecule has 3 amide bonds. The molecule has 2 aromatic rings. The number of aromatic nitrogens is 1. The highest BCUT2D eigenvalue weighted by molar-refractivity contribution is 9.10. The first-order chi connectivity index (χ1) is 13.2. The van der Waals surface area contributed by atoms with Gasteiger partial charge in [-0.15, -0.1) is 0 Å². The molecule has 0 saturated carbocycles. The van der Waals surface area contributed by atoms with Crippen LogP contribution in [0.3, 0.4) is 0 Å². The fourth-order valence-corrected chi connectivity index (χ4v) is 3.44.